The summed E-state index contributed by atoms with van der Waals surface area (Å²) in [5.41, 5.74) is 0.338. The fourth-order valence-corrected chi connectivity index (χ4v) is 3.16. The van der Waals surface area contributed by atoms with Crippen LogP contribution in [0, 0.1) is 5.92 Å². The van der Waals surface area contributed by atoms with Gasteiger partial charge < -0.3 is 10.6 Å². The van der Waals surface area contributed by atoms with Gasteiger partial charge >= 0.3 is 5.69 Å². The molecule has 27 heavy (non-hydrogen) atoms. The van der Waals surface area contributed by atoms with Gasteiger partial charge in [0.15, 0.2) is 5.65 Å². The molecule has 2 aromatic heterocycles. The molecule has 1 aliphatic rings. The number of H-pyrrole nitrogens is 1. The third kappa shape index (κ3) is 4.27. The van der Waals surface area contributed by atoms with Crippen LogP contribution in [0.5, 0.6) is 0 Å². The van der Waals surface area contributed by atoms with Crippen LogP contribution >= 0.6 is 0 Å². The van der Waals surface area contributed by atoms with Crippen LogP contribution in [0.25, 0.3) is 11.0 Å². The third-order valence-electron chi connectivity index (χ3n) is 4.65. The number of carbonyl (C=O) groups excluding carboxylic acids is 1. The largest absolute Gasteiger partial charge is 0.352 e. The third-order valence-corrected chi connectivity index (χ3v) is 4.65. The van der Waals surface area contributed by atoms with E-state index in [9.17, 15) is 14.4 Å². The van der Waals surface area contributed by atoms with Crippen molar-refractivity contribution in [3.05, 3.63) is 38.2 Å². The van der Waals surface area contributed by atoms with Gasteiger partial charge in [-0.05, 0) is 44.8 Å². The number of rotatable bonds is 8. The summed E-state index contributed by atoms with van der Waals surface area (Å²) in [7, 11) is 1.85. The number of pyridine rings is 1. The Morgan fingerprint density at radius 1 is 1.33 bits per heavy atom. The monoisotopic (exact) mass is 373 g/mol. The van der Waals surface area contributed by atoms with Gasteiger partial charge in [0.1, 0.15) is 0 Å². The van der Waals surface area contributed by atoms with E-state index in [1.165, 1.54) is 4.57 Å². The van der Waals surface area contributed by atoms with Gasteiger partial charge in [-0.3, -0.25) is 19.1 Å². The highest BCUT2D eigenvalue weighted by Gasteiger charge is 2.28. The molecule has 1 aliphatic carbocycles. The van der Waals surface area contributed by atoms with Crippen LogP contribution in [-0.4, -0.2) is 40.6 Å². The molecular weight excluding hydrogens is 346 g/mol. The summed E-state index contributed by atoms with van der Waals surface area (Å²) in [4.78, 5) is 44.7. The molecule has 2 aromatic rings. The molecule has 0 spiro atoms. The van der Waals surface area contributed by atoms with Gasteiger partial charge in [-0.15, -0.1) is 0 Å². The van der Waals surface area contributed by atoms with E-state index in [4.69, 9.17) is 0 Å². The molecule has 0 aliphatic heterocycles. The molecule has 0 atom stereocenters. The Hall–Kier alpha value is -2.48. The molecule has 1 amide bonds. The number of amides is 1. The van der Waals surface area contributed by atoms with E-state index in [1.54, 1.807) is 6.07 Å². The number of hydrogen-bond acceptors (Lipinski definition) is 5. The van der Waals surface area contributed by atoms with Gasteiger partial charge in [-0.1, -0.05) is 13.8 Å². The highest BCUT2D eigenvalue weighted by molar-refractivity contribution is 6.05. The van der Waals surface area contributed by atoms with Crippen LogP contribution in [-0.2, 0) is 6.54 Å². The Kier molecular flexibility index (Phi) is 5.74. The first kappa shape index (κ1) is 19.3. The molecule has 8 nitrogen and oxygen atoms in total. The fraction of sp³-hybridized carbons (Fsp3) is 0.579. The van der Waals surface area contributed by atoms with Crippen molar-refractivity contribution in [2.24, 2.45) is 5.92 Å². The number of hydrogen-bond donors (Lipinski definition) is 3. The van der Waals surface area contributed by atoms with Crippen LogP contribution in [0.2, 0.25) is 0 Å². The van der Waals surface area contributed by atoms with Crippen molar-refractivity contribution in [1.29, 1.82) is 0 Å². The quantitative estimate of drug-likeness (QED) is 0.597. The first-order valence-corrected chi connectivity index (χ1v) is 9.53. The molecule has 8 heteroatoms. The number of nitrogens with one attached hydrogen (secondary N) is 3. The lowest BCUT2D eigenvalue weighted by Crippen LogP contribution is -2.34. The SMILES string of the molecule is CNCCCNC(=O)c1cc(C2CC2)nc2c1c(=O)[nH]c(=O)n2CC(C)C. The normalized spacial score (nSPS) is 14.1. The number of fused-ring (bicyclic) bond motifs is 1. The van der Waals surface area contributed by atoms with Crippen molar-refractivity contribution in [1.82, 2.24) is 25.2 Å². The topological polar surface area (TPSA) is 109 Å². The molecule has 3 rings (SSSR count). The number of carbonyl (C=O) groups is 1. The Bertz CT molecular complexity index is 956. The van der Waals surface area contributed by atoms with E-state index < -0.39 is 11.2 Å². The molecule has 0 bridgehead atoms. The summed E-state index contributed by atoms with van der Waals surface area (Å²) in [5, 5.41) is 6.08. The Labute approximate surface area is 157 Å². The molecule has 3 N–H and O–H groups in total. The molecular formula is C19H27N5O3. The smallest absolute Gasteiger partial charge is 0.330 e. The molecule has 1 fully saturated rings. The summed E-state index contributed by atoms with van der Waals surface area (Å²) in [6, 6.07) is 1.72. The van der Waals surface area contributed by atoms with Gasteiger partial charge in [-0.2, -0.15) is 0 Å². The second kappa shape index (κ2) is 8.04. The average molecular weight is 373 g/mol. The van der Waals surface area contributed by atoms with Crippen molar-refractivity contribution in [2.75, 3.05) is 20.1 Å². The zero-order valence-electron chi connectivity index (χ0n) is 16.1. The zero-order chi connectivity index (χ0) is 19.6. The minimum Gasteiger partial charge on any atom is -0.352 e. The molecule has 146 valence electrons. The minimum absolute atomic E-state index is 0.186. The molecule has 1 saturated carbocycles. The van der Waals surface area contributed by atoms with Crippen LogP contribution < -0.4 is 21.9 Å². The first-order valence-electron chi connectivity index (χ1n) is 9.53. The lowest BCUT2D eigenvalue weighted by atomic mass is 10.1. The van der Waals surface area contributed by atoms with Gasteiger partial charge in [0.25, 0.3) is 11.5 Å². The zero-order valence-corrected chi connectivity index (χ0v) is 16.1. The van der Waals surface area contributed by atoms with E-state index in [1.807, 2.05) is 20.9 Å². The second-order valence-corrected chi connectivity index (χ2v) is 7.54. The highest BCUT2D eigenvalue weighted by atomic mass is 16.2. The maximum Gasteiger partial charge on any atom is 0.330 e. The number of nitrogens with zero attached hydrogens (tertiary/aromatic N) is 2. The van der Waals surface area contributed by atoms with E-state index >= 15 is 0 Å². The van der Waals surface area contributed by atoms with E-state index in [2.05, 4.69) is 20.6 Å². The molecule has 0 radical (unpaired) electrons. The Balaban J connectivity index is 2.12. The number of aromatic amines is 1. The average Bonchev–Trinajstić information content (AvgIpc) is 3.46. The van der Waals surface area contributed by atoms with Crippen molar-refractivity contribution in [3.63, 3.8) is 0 Å². The Morgan fingerprint density at radius 3 is 2.70 bits per heavy atom. The molecule has 0 unspecified atom stereocenters. The van der Waals surface area contributed by atoms with E-state index in [-0.39, 0.29) is 17.2 Å². The van der Waals surface area contributed by atoms with Crippen molar-refractivity contribution < 1.29 is 4.79 Å². The fourth-order valence-electron chi connectivity index (χ4n) is 3.16. The van der Waals surface area contributed by atoms with Crippen LogP contribution in [0.3, 0.4) is 0 Å². The molecule has 2 heterocycles. The minimum atomic E-state index is -0.565. The van der Waals surface area contributed by atoms with E-state index in [0.717, 1.165) is 31.5 Å². The van der Waals surface area contributed by atoms with Crippen molar-refractivity contribution >= 4 is 16.9 Å². The van der Waals surface area contributed by atoms with Crippen LogP contribution in [0.15, 0.2) is 15.7 Å². The van der Waals surface area contributed by atoms with Crippen LogP contribution in [0.4, 0.5) is 0 Å². The van der Waals surface area contributed by atoms with Crippen molar-refractivity contribution in [3.8, 4) is 0 Å². The predicted molar refractivity (Wildman–Crippen MR) is 104 cm³/mol. The number of aromatic nitrogens is 3. The van der Waals surface area contributed by atoms with Crippen molar-refractivity contribution in [2.45, 2.75) is 45.6 Å². The van der Waals surface area contributed by atoms with Gasteiger partial charge in [0.05, 0.1) is 10.9 Å². The first-order chi connectivity index (χ1) is 12.9. The highest BCUT2D eigenvalue weighted by Crippen LogP contribution is 2.39. The van der Waals surface area contributed by atoms with Gasteiger partial charge in [0, 0.05) is 24.7 Å². The van der Waals surface area contributed by atoms with Gasteiger partial charge in [0.2, 0.25) is 0 Å². The second-order valence-electron chi connectivity index (χ2n) is 7.54. The predicted octanol–water partition coefficient (Wildman–Crippen LogP) is 0.957. The van der Waals surface area contributed by atoms with E-state index in [0.29, 0.717) is 30.2 Å². The van der Waals surface area contributed by atoms with Gasteiger partial charge in [-0.25, -0.2) is 9.78 Å². The summed E-state index contributed by atoms with van der Waals surface area (Å²) < 4.78 is 1.48. The molecule has 0 aromatic carbocycles. The molecule has 0 saturated heterocycles. The summed E-state index contributed by atoms with van der Waals surface area (Å²) in [6.07, 6.45) is 2.81. The van der Waals surface area contributed by atoms with Crippen LogP contribution in [0.1, 0.15) is 55.1 Å². The maximum absolute atomic E-state index is 12.8. The lowest BCUT2D eigenvalue weighted by molar-refractivity contribution is 0.0954. The Morgan fingerprint density at radius 2 is 2.07 bits per heavy atom. The summed E-state index contributed by atoms with van der Waals surface area (Å²) >= 11 is 0. The standard InChI is InChI=1S/C19H27N5O3/c1-11(2)10-24-16-15(18(26)23-19(24)27)13(9-14(22-16)12-5-6-12)17(25)21-8-4-7-20-3/h9,11-12,20H,4-8,10H2,1-3H3,(H,21,25)(H,23,26,27). The maximum atomic E-state index is 12.8. The summed E-state index contributed by atoms with van der Waals surface area (Å²) in [5.74, 6) is 0.190. The summed E-state index contributed by atoms with van der Waals surface area (Å²) in [6.45, 7) is 5.70. The lowest BCUT2D eigenvalue weighted by Gasteiger charge is -2.14.